The topological polar surface area (TPSA) is 67.4 Å². The van der Waals surface area contributed by atoms with E-state index < -0.39 is 0 Å². The Kier molecular flexibility index (Phi) is 3.89. The minimum Gasteiger partial charge on any atom is -0.220 e. The minimum absolute atomic E-state index is 0.119. The van der Waals surface area contributed by atoms with Crippen LogP contribution < -0.4 is 0 Å². The Morgan fingerprint density at radius 2 is 2.21 bits per heavy atom. The highest BCUT2D eigenvalue weighted by Gasteiger charge is 2.11. The Morgan fingerprint density at radius 1 is 1.50 bits per heavy atom. The van der Waals surface area contributed by atoms with Crippen molar-refractivity contribution in [1.82, 2.24) is 20.2 Å². The molecule has 0 fully saturated rings. The lowest BCUT2D eigenvalue weighted by Gasteiger charge is -2.06. The molecule has 0 saturated heterocycles. The highest BCUT2D eigenvalue weighted by atomic mass is 32.2. The molecule has 76 valence electrons. The Bertz CT molecular complexity index is 327. The van der Waals surface area contributed by atoms with Crippen molar-refractivity contribution in [3.8, 4) is 6.07 Å². The number of rotatable bonds is 4. The van der Waals surface area contributed by atoms with Gasteiger partial charge >= 0.3 is 0 Å². The van der Waals surface area contributed by atoms with E-state index in [1.54, 1.807) is 4.68 Å². The lowest BCUT2D eigenvalue weighted by Crippen LogP contribution is -2.08. The molecule has 0 radical (unpaired) electrons. The van der Waals surface area contributed by atoms with Gasteiger partial charge in [-0.1, -0.05) is 25.6 Å². The van der Waals surface area contributed by atoms with Gasteiger partial charge in [-0.05, 0) is 23.3 Å². The summed E-state index contributed by atoms with van der Waals surface area (Å²) in [6, 6.07) is 2.14. The fourth-order valence-corrected chi connectivity index (χ4v) is 1.61. The lowest BCUT2D eigenvalue weighted by molar-refractivity contribution is 0.445. The van der Waals surface area contributed by atoms with E-state index >= 15 is 0 Å². The van der Waals surface area contributed by atoms with Gasteiger partial charge in [0.2, 0.25) is 5.16 Å². The molecule has 0 saturated carbocycles. The second-order valence-electron chi connectivity index (χ2n) is 3.43. The molecule has 1 rings (SSSR count). The molecular formula is C8H13N5S. The summed E-state index contributed by atoms with van der Waals surface area (Å²) in [5.41, 5.74) is 0. The van der Waals surface area contributed by atoms with Crippen molar-refractivity contribution in [2.24, 2.45) is 5.92 Å². The van der Waals surface area contributed by atoms with E-state index in [1.807, 2.05) is 6.92 Å². The molecule has 0 aliphatic rings. The van der Waals surface area contributed by atoms with Crippen molar-refractivity contribution >= 4 is 11.8 Å². The van der Waals surface area contributed by atoms with Crippen LogP contribution in [-0.2, 0) is 6.54 Å². The molecular weight excluding hydrogens is 198 g/mol. The number of thioether (sulfide) groups is 1. The van der Waals surface area contributed by atoms with Crippen LogP contribution in [0.25, 0.3) is 0 Å². The van der Waals surface area contributed by atoms with Crippen LogP contribution in [0.5, 0.6) is 0 Å². The highest BCUT2D eigenvalue weighted by Crippen LogP contribution is 2.19. The average molecular weight is 211 g/mol. The van der Waals surface area contributed by atoms with Gasteiger partial charge in [0.25, 0.3) is 0 Å². The first kappa shape index (κ1) is 11.0. The standard InChI is InChI=1S/C8H13N5S/c1-6(2)5-13-8(10-11-12-13)14-7(3)4-9/h6-7H,5H2,1-3H3/t7-/m0/s1. The number of hydrogen-bond donors (Lipinski definition) is 0. The third-order valence-electron chi connectivity index (χ3n) is 1.50. The molecule has 0 spiro atoms. The molecule has 0 N–H and O–H groups in total. The maximum atomic E-state index is 8.66. The average Bonchev–Trinajstić information content (AvgIpc) is 2.52. The van der Waals surface area contributed by atoms with Crippen molar-refractivity contribution in [3.63, 3.8) is 0 Å². The number of nitriles is 1. The van der Waals surface area contributed by atoms with E-state index in [9.17, 15) is 0 Å². The molecule has 0 unspecified atom stereocenters. The van der Waals surface area contributed by atoms with Crippen molar-refractivity contribution in [2.75, 3.05) is 0 Å². The SMILES string of the molecule is CC(C)Cn1nnnc1S[C@@H](C)C#N. The van der Waals surface area contributed by atoms with E-state index in [0.717, 1.165) is 6.54 Å². The fourth-order valence-electron chi connectivity index (χ4n) is 0.926. The van der Waals surface area contributed by atoms with Gasteiger partial charge in [-0.2, -0.15) is 5.26 Å². The molecule has 0 bridgehead atoms. The van der Waals surface area contributed by atoms with Gasteiger partial charge in [0.15, 0.2) is 0 Å². The van der Waals surface area contributed by atoms with Gasteiger partial charge in [0.05, 0.1) is 11.3 Å². The summed E-state index contributed by atoms with van der Waals surface area (Å²) in [5.74, 6) is 0.496. The first-order chi connectivity index (χ1) is 6.63. The summed E-state index contributed by atoms with van der Waals surface area (Å²) in [5, 5.41) is 20.6. The summed E-state index contributed by atoms with van der Waals surface area (Å²) >= 11 is 1.38. The van der Waals surface area contributed by atoms with Crippen LogP contribution >= 0.6 is 11.8 Å². The Morgan fingerprint density at radius 3 is 2.79 bits per heavy atom. The summed E-state index contributed by atoms with van der Waals surface area (Å²) in [6.45, 7) is 6.82. The van der Waals surface area contributed by atoms with Crippen LogP contribution in [0, 0.1) is 17.2 Å². The molecule has 1 aromatic rings. The van der Waals surface area contributed by atoms with E-state index in [2.05, 4.69) is 35.4 Å². The van der Waals surface area contributed by atoms with Crippen LogP contribution in [-0.4, -0.2) is 25.5 Å². The van der Waals surface area contributed by atoms with E-state index in [0.29, 0.717) is 11.1 Å². The predicted molar refractivity (Wildman–Crippen MR) is 53.6 cm³/mol. The van der Waals surface area contributed by atoms with Crippen molar-refractivity contribution < 1.29 is 0 Å². The third-order valence-corrected chi connectivity index (χ3v) is 2.46. The zero-order valence-corrected chi connectivity index (χ0v) is 9.32. The van der Waals surface area contributed by atoms with Gasteiger partial charge < -0.3 is 0 Å². The quantitative estimate of drug-likeness (QED) is 0.703. The molecule has 5 nitrogen and oxygen atoms in total. The maximum absolute atomic E-state index is 8.66. The molecule has 0 aliphatic carbocycles. The first-order valence-corrected chi connectivity index (χ1v) is 5.34. The second-order valence-corrected chi connectivity index (χ2v) is 4.73. The monoisotopic (exact) mass is 211 g/mol. The molecule has 1 heterocycles. The van der Waals surface area contributed by atoms with Gasteiger partial charge in [0.1, 0.15) is 0 Å². The van der Waals surface area contributed by atoms with Crippen molar-refractivity contribution in [3.05, 3.63) is 0 Å². The molecule has 6 heteroatoms. The molecule has 0 amide bonds. The molecule has 0 aliphatic heterocycles. The first-order valence-electron chi connectivity index (χ1n) is 4.46. The Labute approximate surface area is 87.5 Å². The second kappa shape index (κ2) is 4.96. The van der Waals surface area contributed by atoms with Crippen LogP contribution in [0.15, 0.2) is 5.16 Å². The Hall–Kier alpha value is -1.09. The van der Waals surface area contributed by atoms with Crippen molar-refractivity contribution in [2.45, 2.75) is 37.7 Å². The minimum atomic E-state index is -0.119. The summed E-state index contributed by atoms with van der Waals surface area (Å²) < 4.78 is 1.74. The summed E-state index contributed by atoms with van der Waals surface area (Å²) in [4.78, 5) is 0. The van der Waals surface area contributed by atoms with Crippen LogP contribution in [0.2, 0.25) is 0 Å². The smallest absolute Gasteiger partial charge is 0.210 e. The van der Waals surface area contributed by atoms with E-state index in [4.69, 9.17) is 5.26 Å². The Balaban J connectivity index is 2.68. The molecule has 14 heavy (non-hydrogen) atoms. The third kappa shape index (κ3) is 3.00. The molecule has 0 aromatic carbocycles. The summed E-state index contributed by atoms with van der Waals surface area (Å²) in [6.07, 6.45) is 0. The van der Waals surface area contributed by atoms with E-state index in [-0.39, 0.29) is 5.25 Å². The van der Waals surface area contributed by atoms with E-state index in [1.165, 1.54) is 11.8 Å². The van der Waals surface area contributed by atoms with Gasteiger partial charge in [-0.15, -0.1) is 5.10 Å². The van der Waals surface area contributed by atoms with Crippen molar-refractivity contribution in [1.29, 1.82) is 5.26 Å². The molecule has 1 atom stereocenters. The molecule has 1 aromatic heterocycles. The maximum Gasteiger partial charge on any atom is 0.210 e. The fraction of sp³-hybridized carbons (Fsp3) is 0.750. The normalized spacial score (nSPS) is 12.8. The van der Waals surface area contributed by atoms with Crippen LogP contribution in [0.4, 0.5) is 0 Å². The zero-order valence-electron chi connectivity index (χ0n) is 8.51. The van der Waals surface area contributed by atoms with Gasteiger partial charge in [-0.25, -0.2) is 4.68 Å². The van der Waals surface area contributed by atoms with Crippen LogP contribution in [0.3, 0.4) is 0 Å². The van der Waals surface area contributed by atoms with Gasteiger partial charge in [-0.3, -0.25) is 0 Å². The number of hydrogen-bond acceptors (Lipinski definition) is 5. The lowest BCUT2D eigenvalue weighted by atomic mass is 10.2. The van der Waals surface area contributed by atoms with Crippen LogP contribution in [0.1, 0.15) is 20.8 Å². The summed E-state index contributed by atoms with van der Waals surface area (Å²) in [7, 11) is 0. The number of nitrogens with zero attached hydrogens (tertiary/aromatic N) is 5. The predicted octanol–water partition coefficient (Wildman–Crippen LogP) is 1.33. The van der Waals surface area contributed by atoms with Gasteiger partial charge in [0, 0.05) is 6.54 Å². The highest BCUT2D eigenvalue weighted by molar-refractivity contribution is 8.00. The largest absolute Gasteiger partial charge is 0.220 e. The number of tetrazole rings is 1. The zero-order chi connectivity index (χ0) is 10.6. The number of aromatic nitrogens is 4.